The molecule has 2 N–H and O–H groups in total. The lowest BCUT2D eigenvalue weighted by Crippen LogP contribution is -2.31. The number of hydrogen-bond donors (Lipinski definition) is 2. The Hall–Kier alpha value is -3.54. The van der Waals surface area contributed by atoms with E-state index in [0.29, 0.717) is 16.7 Å². The summed E-state index contributed by atoms with van der Waals surface area (Å²) in [5, 5.41) is 2.85. The Morgan fingerprint density at radius 2 is 1.79 bits per heavy atom. The molecule has 0 atom stereocenters. The standard InChI is InChI=1S/C27H29ClN2O7S2/c1-6-9-19(14-18(2)29-26(31)37-27(3,4)5)17-38(32,33)24-13-12-21(28)16-22(24)30-39(34,35)25-15-20-10-7-8-11-23(20)36-25/h6-16,30H,1,17H2,2-5H3,(H,29,31)/b18-14+,19-9+. The van der Waals surface area contributed by atoms with Gasteiger partial charge in [-0.15, -0.1) is 0 Å². The number of amides is 1. The highest BCUT2D eigenvalue weighted by atomic mass is 35.5. The largest absolute Gasteiger partial charge is 0.444 e. The van der Waals surface area contributed by atoms with Crippen LogP contribution >= 0.6 is 11.6 Å². The summed E-state index contributed by atoms with van der Waals surface area (Å²) in [7, 11) is -8.44. The van der Waals surface area contributed by atoms with Crippen LogP contribution in [0, 0.1) is 0 Å². The number of sulfonamides is 1. The highest BCUT2D eigenvalue weighted by Gasteiger charge is 2.26. The van der Waals surface area contributed by atoms with Crippen molar-refractivity contribution in [2.75, 3.05) is 10.5 Å². The highest BCUT2D eigenvalue weighted by molar-refractivity contribution is 7.93. The van der Waals surface area contributed by atoms with E-state index in [1.54, 1.807) is 52.0 Å². The molecule has 0 spiro atoms. The molecule has 0 unspecified atom stereocenters. The lowest BCUT2D eigenvalue weighted by Gasteiger charge is -2.20. The number of carbonyl (C=O) groups excluding carboxylic acids is 1. The number of carbonyl (C=O) groups is 1. The second kappa shape index (κ2) is 11.7. The average Bonchev–Trinajstić information content (AvgIpc) is 3.22. The first-order valence-corrected chi connectivity index (χ1v) is 15.1. The fourth-order valence-corrected chi connectivity index (χ4v) is 6.27. The summed E-state index contributed by atoms with van der Waals surface area (Å²) in [6, 6.07) is 11.8. The van der Waals surface area contributed by atoms with Gasteiger partial charge in [0.05, 0.1) is 16.3 Å². The second-order valence-corrected chi connectivity index (χ2v) is 13.5. The van der Waals surface area contributed by atoms with Gasteiger partial charge in [0.15, 0.2) is 9.84 Å². The monoisotopic (exact) mass is 592 g/mol. The summed E-state index contributed by atoms with van der Waals surface area (Å²) in [4.78, 5) is 11.8. The third-order valence-electron chi connectivity index (χ3n) is 4.98. The smallest absolute Gasteiger partial charge is 0.411 e. The molecule has 9 nitrogen and oxygen atoms in total. The molecule has 1 heterocycles. The van der Waals surface area contributed by atoms with E-state index in [4.69, 9.17) is 20.8 Å². The van der Waals surface area contributed by atoms with Gasteiger partial charge < -0.3 is 9.15 Å². The Labute approximate surface area is 233 Å². The van der Waals surface area contributed by atoms with Gasteiger partial charge in [-0.25, -0.2) is 13.2 Å². The first kappa shape index (κ1) is 30.0. The number of benzene rings is 2. The van der Waals surface area contributed by atoms with Gasteiger partial charge in [0.1, 0.15) is 11.2 Å². The Morgan fingerprint density at radius 3 is 2.44 bits per heavy atom. The Balaban J connectivity index is 1.91. The van der Waals surface area contributed by atoms with Gasteiger partial charge in [-0.1, -0.05) is 48.5 Å². The minimum Gasteiger partial charge on any atom is -0.444 e. The molecule has 1 aromatic heterocycles. The van der Waals surface area contributed by atoms with Gasteiger partial charge >= 0.3 is 6.09 Å². The van der Waals surface area contributed by atoms with Crippen molar-refractivity contribution >= 4 is 54.2 Å². The van der Waals surface area contributed by atoms with E-state index in [9.17, 15) is 21.6 Å². The molecule has 0 aliphatic carbocycles. The van der Waals surface area contributed by atoms with Crippen molar-refractivity contribution < 1.29 is 30.8 Å². The van der Waals surface area contributed by atoms with Gasteiger partial charge in [0.2, 0.25) is 5.09 Å². The average molecular weight is 593 g/mol. The normalized spacial score (nSPS) is 13.3. The third kappa shape index (κ3) is 8.22. The number of anilines is 1. The lowest BCUT2D eigenvalue weighted by atomic mass is 10.2. The fourth-order valence-electron chi connectivity index (χ4n) is 3.50. The maximum absolute atomic E-state index is 13.5. The molecule has 0 saturated heterocycles. The zero-order valence-corrected chi connectivity index (χ0v) is 24.2. The van der Waals surface area contributed by atoms with E-state index >= 15 is 0 Å². The van der Waals surface area contributed by atoms with Crippen molar-refractivity contribution in [3.8, 4) is 0 Å². The zero-order chi connectivity index (χ0) is 29.0. The van der Waals surface area contributed by atoms with Gasteiger partial charge in [0.25, 0.3) is 10.0 Å². The summed E-state index contributed by atoms with van der Waals surface area (Å²) in [6.45, 7) is 10.3. The van der Waals surface area contributed by atoms with Crippen LogP contribution in [-0.2, 0) is 24.6 Å². The summed E-state index contributed by atoms with van der Waals surface area (Å²) in [5.41, 5.74) is 0.00879. The molecule has 12 heteroatoms. The predicted molar refractivity (Wildman–Crippen MR) is 152 cm³/mol. The number of allylic oxidation sites excluding steroid dienone is 4. The van der Waals surface area contributed by atoms with Crippen molar-refractivity contribution in [2.45, 2.75) is 43.3 Å². The van der Waals surface area contributed by atoms with Crippen LogP contribution in [0.4, 0.5) is 10.5 Å². The van der Waals surface area contributed by atoms with Crippen LogP contribution in [0.2, 0.25) is 5.02 Å². The van der Waals surface area contributed by atoms with Crippen LogP contribution in [0.3, 0.4) is 0 Å². The van der Waals surface area contributed by atoms with Gasteiger partial charge in [-0.2, -0.15) is 8.42 Å². The van der Waals surface area contributed by atoms with Crippen molar-refractivity contribution in [2.24, 2.45) is 0 Å². The predicted octanol–water partition coefficient (Wildman–Crippen LogP) is 6.20. The molecule has 1 amide bonds. The Morgan fingerprint density at radius 1 is 1.10 bits per heavy atom. The minimum absolute atomic E-state index is 0.121. The molecule has 3 aromatic rings. The Bertz CT molecular complexity index is 1650. The number of ether oxygens (including phenoxy) is 1. The molecule has 0 saturated carbocycles. The van der Waals surface area contributed by atoms with Gasteiger partial charge in [-0.05, 0) is 63.6 Å². The van der Waals surface area contributed by atoms with E-state index < -0.39 is 37.3 Å². The topological polar surface area (TPSA) is 132 Å². The quantitative estimate of drug-likeness (QED) is 0.283. The van der Waals surface area contributed by atoms with Crippen molar-refractivity contribution in [3.05, 3.63) is 89.6 Å². The highest BCUT2D eigenvalue weighted by Crippen LogP contribution is 2.31. The van der Waals surface area contributed by atoms with Crippen LogP contribution in [0.1, 0.15) is 27.7 Å². The number of fused-ring (bicyclic) bond motifs is 1. The van der Waals surface area contributed by atoms with E-state index in [1.165, 1.54) is 42.5 Å². The van der Waals surface area contributed by atoms with Crippen molar-refractivity contribution in [3.63, 3.8) is 0 Å². The number of rotatable bonds is 9. The van der Waals surface area contributed by atoms with Crippen LogP contribution in [0.15, 0.2) is 99.0 Å². The third-order valence-corrected chi connectivity index (χ3v) is 8.17. The number of halogens is 1. The maximum Gasteiger partial charge on any atom is 0.411 e. The summed E-state index contributed by atoms with van der Waals surface area (Å²) < 4.78 is 66.1. The number of alkyl carbamates (subject to hydrolysis) is 1. The first-order valence-electron chi connectivity index (χ1n) is 11.6. The summed E-state index contributed by atoms with van der Waals surface area (Å²) >= 11 is 6.09. The molecule has 39 heavy (non-hydrogen) atoms. The van der Waals surface area contributed by atoms with Crippen molar-refractivity contribution in [1.82, 2.24) is 5.32 Å². The summed E-state index contributed by atoms with van der Waals surface area (Å²) in [6.07, 6.45) is 3.62. The number of nitrogens with one attached hydrogen (secondary N) is 2. The fraction of sp³-hybridized carbons (Fsp3) is 0.222. The zero-order valence-electron chi connectivity index (χ0n) is 21.8. The number of para-hydroxylation sites is 1. The van der Waals surface area contributed by atoms with Crippen LogP contribution in [0.5, 0.6) is 0 Å². The molecule has 3 rings (SSSR count). The minimum atomic E-state index is -4.30. The number of hydrogen-bond acceptors (Lipinski definition) is 7. The molecule has 0 fully saturated rings. The van der Waals surface area contributed by atoms with E-state index in [1.807, 2.05) is 0 Å². The number of furan rings is 1. The van der Waals surface area contributed by atoms with Crippen LogP contribution in [0.25, 0.3) is 11.0 Å². The summed E-state index contributed by atoms with van der Waals surface area (Å²) in [5.74, 6) is -0.534. The molecule has 0 aliphatic rings. The molecule has 208 valence electrons. The van der Waals surface area contributed by atoms with E-state index in [2.05, 4.69) is 16.6 Å². The molecule has 2 aromatic carbocycles. The molecule has 0 bridgehead atoms. The lowest BCUT2D eigenvalue weighted by molar-refractivity contribution is 0.0546. The van der Waals surface area contributed by atoms with Crippen LogP contribution < -0.4 is 10.0 Å². The van der Waals surface area contributed by atoms with E-state index in [0.717, 1.165) is 0 Å². The first-order chi connectivity index (χ1) is 18.1. The second-order valence-electron chi connectivity index (χ2n) is 9.54. The molecule has 0 radical (unpaired) electrons. The van der Waals surface area contributed by atoms with Crippen LogP contribution in [-0.4, -0.2) is 34.3 Å². The van der Waals surface area contributed by atoms with E-state index in [-0.39, 0.29) is 26.3 Å². The van der Waals surface area contributed by atoms with Gasteiger partial charge in [0, 0.05) is 22.2 Å². The van der Waals surface area contributed by atoms with Crippen molar-refractivity contribution in [1.29, 1.82) is 0 Å². The number of sulfone groups is 1. The van der Waals surface area contributed by atoms with Gasteiger partial charge in [-0.3, -0.25) is 10.0 Å². The Kier molecular flexibility index (Phi) is 8.99. The molecular weight excluding hydrogens is 564 g/mol. The SMILES string of the molecule is C=C/C=C(\C=C(/C)NC(=O)OC(C)(C)C)CS(=O)(=O)c1ccc(Cl)cc1NS(=O)(=O)c1cc2ccccc2o1. The molecule has 0 aliphatic heterocycles. The maximum atomic E-state index is 13.5. The molecular formula is C27H29ClN2O7S2.